The highest BCUT2D eigenvalue weighted by atomic mass is 19.1. The minimum Gasteiger partial charge on any atom is -0.368 e. The van der Waals surface area contributed by atoms with Crippen molar-refractivity contribution in [3.05, 3.63) is 30.1 Å². The molecule has 0 saturated heterocycles. The Balaban J connectivity index is 2.01. The monoisotopic (exact) mass is 250 g/mol. The van der Waals surface area contributed by atoms with Gasteiger partial charge in [-0.3, -0.25) is 0 Å². The van der Waals surface area contributed by atoms with E-state index in [1.165, 1.54) is 12.8 Å². The molecule has 0 heterocycles. The zero-order chi connectivity index (χ0) is 13.0. The van der Waals surface area contributed by atoms with E-state index < -0.39 is 0 Å². The highest BCUT2D eigenvalue weighted by Crippen LogP contribution is 2.21. The predicted octanol–water partition coefficient (Wildman–Crippen LogP) is 3.18. The summed E-state index contributed by atoms with van der Waals surface area (Å²) in [4.78, 5) is 2.36. The summed E-state index contributed by atoms with van der Waals surface area (Å²) in [5.74, 6) is -0.168. The first kappa shape index (κ1) is 13.3. The topological polar surface area (TPSA) is 15.3 Å². The van der Waals surface area contributed by atoms with Crippen LogP contribution in [0.3, 0.4) is 0 Å². The minimum atomic E-state index is -0.168. The van der Waals surface area contributed by atoms with Crippen molar-refractivity contribution >= 4 is 5.69 Å². The van der Waals surface area contributed by atoms with Crippen LogP contribution in [-0.4, -0.2) is 25.2 Å². The smallest absolute Gasteiger partial charge is 0.123 e. The van der Waals surface area contributed by atoms with Gasteiger partial charge in [0.05, 0.1) is 0 Å². The van der Waals surface area contributed by atoms with Crippen molar-refractivity contribution < 1.29 is 4.39 Å². The van der Waals surface area contributed by atoms with E-state index in [2.05, 4.69) is 24.1 Å². The SMILES string of the molecule is CCC(CNC1CC1)N(CC)c1ccc(F)cc1. The standard InChI is InChI=1S/C15H23FN2/c1-3-14(11-17-13-7-8-13)18(4-2)15-9-5-12(16)6-10-15/h5-6,9-10,13-14,17H,3-4,7-8,11H2,1-2H3. The zero-order valence-corrected chi connectivity index (χ0v) is 11.3. The van der Waals surface area contributed by atoms with Crippen molar-refractivity contribution in [2.75, 3.05) is 18.0 Å². The van der Waals surface area contributed by atoms with Crippen LogP contribution in [0, 0.1) is 5.82 Å². The van der Waals surface area contributed by atoms with Crippen molar-refractivity contribution in [1.82, 2.24) is 5.32 Å². The second-order valence-electron chi connectivity index (χ2n) is 5.01. The van der Waals surface area contributed by atoms with Crippen molar-refractivity contribution in [2.45, 2.75) is 45.2 Å². The van der Waals surface area contributed by atoms with E-state index in [9.17, 15) is 4.39 Å². The molecule has 3 heteroatoms. The fourth-order valence-electron chi connectivity index (χ4n) is 2.35. The fourth-order valence-corrected chi connectivity index (χ4v) is 2.35. The van der Waals surface area contributed by atoms with Gasteiger partial charge in [-0.05, 0) is 50.5 Å². The third-order valence-electron chi connectivity index (χ3n) is 3.63. The van der Waals surface area contributed by atoms with Crippen LogP contribution in [0.4, 0.5) is 10.1 Å². The van der Waals surface area contributed by atoms with Crippen LogP contribution in [0.1, 0.15) is 33.1 Å². The molecule has 1 N–H and O–H groups in total. The van der Waals surface area contributed by atoms with Crippen LogP contribution >= 0.6 is 0 Å². The largest absolute Gasteiger partial charge is 0.368 e. The van der Waals surface area contributed by atoms with Gasteiger partial charge in [-0.15, -0.1) is 0 Å². The van der Waals surface area contributed by atoms with Gasteiger partial charge in [0, 0.05) is 30.9 Å². The first-order valence-corrected chi connectivity index (χ1v) is 7.00. The van der Waals surface area contributed by atoms with E-state index in [4.69, 9.17) is 0 Å². The summed E-state index contributed by atoms with van der Waals surface area (Å²) in [6, 6.07) is 8.06. The normalized spacial score (nSPS) is 16.6. The lowest BCUT2D eigenvalue weighted by Gasteiger charge is -2.32. The van der Waals surface area contributed by atoms with Gasteiger partial charge < -0.3 is 10.2 Å². The summed E-state index contributed by atoms with van der Waals surface area (Å²) in [5, 5.41) is 3.59. The Morgan fingerprint density at radius 1 is 1.28 bits per heavy atom. The summed E-state index contributed by atoms with van der Waals surface area (Å²) in [6.45, 7) is 6.34. The molecule has 2 nitrogen and oxygen atoms in total. The number of likely N-dealkylation sites (N-methyl/N-ethyl adjacent to an activating group) is 1. The summed E-state index contributed by atoms with van der Waals surface area (Å²) in [5.41, 5.74) is 1.11. The number of rotatable bonds is 7. The second kappa shape index (κ2) is 6.19. The lowest BCUT2D eigenvalue weighted by atomic mass is 10.1. The number of anilines is 1. The first-order chi connectivity index (χ1) is 8.74. The van der Waals surface area contributed by atoms with Gasteiger partial charge >= 0.3 is 0 Å². The zero-order valence-electron chi connectivity index (χ0n) is 11.3. The van der Waals surface area contributed by atoms with Gasteiger partial charge in [-0.1, -0.05) is 6.92 Å². The fraction of sp³-hybridized carbons (Fsp3) is 0.600. The summed E-state index contributed by atoms with van der Waals surface area (Å²) in [7, 11) is 0. The Morgan fingerprint density at radius 3 is 2.44 bits per heavy atom. The van der Waals surface area contributed by atoms with E-state index in [0.29, 0.717) is 6.04 Å². The number of halogens is 1. The molecule has 0 amide bonds. The molecule has 1 unspecified atom stereocenters. The second-order valence-corrected chi connectivity index (χ2v) is 5.01. The molecule has 0 bridgehead atoms. The van der Waals surface area contributed by atoms with Crippen LogP contribution in [0.25, 0.3) is 0 Å². The van der Waals surface area contributed by atoms with Gasteiger partial charge in [-0.2, -0.15) is 0 Å². The number of hydrogen-bond acceptors (Lipinski definition) is 2. The van der Waals surface area contributed by atoms with Crippen molar-refractivity contribution in [2.24, 2.45) is 0 Å². The van der Waals surface area contributed by atoms with Crippen molar-refractivity contribution in [3.8, 4) is 0 Å². The first-order valence-electron chi connectivity index (χ1n) is 7.00. The summed E-state index contributed by atoms with van der Waals surface area (Å²) >= 11 is 0. The van der Waals surface area contributed by atoms with Crippen LogP contribution < -0.4 is 10.2 Å². The molecular weight excluding hydrogens is 227 g/mol. The molecule has 1 atom stereocenters. The van der Waals surface area contributed by atoms with E-state index in [-0.39, 0.29) is 5.82 Å². The summed E-state index contributed by atoms with van der Waals surface area (Å²) in [6.07, 6.45) is 3.74. The lowest BCUT2D eigenvalue weighted by molar-refractivity contribution is 0.522. The molecule has 100 valence electrons. The van der Waals surface area contributed by atoms with Crippen molar-refractivity contribution in [1.29, 1.82) is 0 Å². The number of hydrogen-bond donors (Lipinski definition) is 1. The number of nitrogens with one attached hydrogen (secondary N) is 1. The van der Waals surface area contributed by atoms with Crippen LogP contribution in [-0.2, 0) is 0 Å². The molecule has 2 rings (SSSR count). The molecule has 1 aliphatic carbocycles. The van der Waals surface area contributed by atoms with Gasteiger partial charge in [-0.25, -0.2) is 4.39 Å². The quantitative estimate of drug-likeness (QED) is 0.799. The van der Waals surface area contributed by atoms with Gasteiger partial charge in [0.1, 0.15) is 5.82 Å². The van der Waals surface area contributed by atoms with Crippen LogP contribution in [0.2, 0.25) is 0 Å². The van der Waals surface area contributed by atoms with Gasteiger partial charge in [0.25, 0.3) is 0 Å². The molecule has 1 aliphatic rings. The molecule has 0 aliphatic heterocycles. The third-order valence-corrected chi connectivity index (χ3v) is 3.63. The highest BCUT2D eigenvalue weighted by molar-refractivity contribution is 5.47. The molecule has 0 spiro atoms. The summed E-state index contributed by atoms with van der Waals surface area (Å²) < 4.78 is 13.0. The molecule has 0 aromatic heterocycles. The maximum atomic E-state index is 13.0. The van der Waals surface area contributed by atoms with E-state index >= 15 is 0 Å². The number of nitrogens with zero attached hydrogens (tertiary/aromatic N) is 1. The van der Waals surface area contributed by atoms with Gasteiger partial charge in [0.15, 0.2) is 0 Å². The molecule has 18 heavy (non-hydrogen) atoms. The molecule has 1 saturated carbocycles. The third kappa shape index (κ3) is 3.45. The van der Waals surface area contributed by atoms with Gasteiger partial charge in [0.2, 0.25) is 0 Å². The Hall–Kier alpha value is -1.09. The number of benzene rings is 1. The molecular formula is C15H23FN2. The predicted molar refractivity (Wildman–Crippen MR) is 74.5 cm³/mol. The van der Waals surface area contributed by atoms with Crippen LogP contribution in [0.5, 0.6) is 0 Å². The maximum absolute atomic E-state index is 13.0. The molecule has 1 fully saturated rings. The van der Waals surface area contributed by atoms with Crippen molar-refractivity contribution in [3.63, 3.8) is 0 Å². The van der Waals surface area contributed by atoms with Crippen LogP contribution in [0.15, 0.2) is 24.3 Å². The molecule has 0 radical (unpaired) electrons. The Kier molecular flexibility index (Phi) is 4.59. The molecule has 1 aromatic rings. The Morgan fingerprint density at radius 2 is 1.94 bits per heavy atom. The Labute approximate surface area is 109 Å². The maximum Gasteiger partial charge on any atom is 0.123 e. The minimum absolute atomic E-state index is 0.168. The highest BCUT2D eigenvalue weighted by Gasteiger charge is 2.23. The average Bonchev–Trinajstić information content (AvgIpc) is 3.20. The van der Waals surface area contributed by atoms with E-state index in [1.807, 2.05) is 12.1 Å². The Bertz CT molecular complexity index is 359. The van der Waals surface area contributed by atoms with E-state index in [1.54, 1.807) is 12.1 Å². The lowest BCUT2D eigenvalue weighted by Crippen LogP contribution is -2.42. The molecule has 1 aromatic carbocycles. The van der Waals surface area contributed by atoms with E-state index in [0.717, 1.165) is 31.2 Å². The average molecular weight is 250 g/mol.